The van der Waals surface area contributed by atoms with Crippen LogP contribution in [0.4, 0.5) is 4.39 Å². The first-order valence-corrected chi connectivity index (χ1v) is 10.5. The van der Waals surface area contributed by atoms with Gasteiger partial charge in [0.2, 0.25) is 0 Å². The van der Waals surface area contributed by atoms with Gasteiger partial charge < -0.3 is 9.72 Å². The number of aromatic nitrogens is 2. The summed E-state index contributed by atoms with van der Waals surface area (Å²) >= 11 is 7.72. The number of hydrogen-bond donors (Lipinski definition) is 1. The second-order valence-corrected chi connectivity index (χ2v) is 8.23. The van der Waals surface area contributed by atoms with Gasteiger partial charge >= 0.3 is 0 Å². The number of rotatable bonds is 6. The molecule has 2 aromatic carbocycles. The fraction of sp³-hybridized carbons (Fsp3) is 0.182. The van der Waals surface area contributed by atoms with Gasteiger partial charge in [-0.05, 0) is 30.8 Å². The van der Waals surface area contributed by atoms with E-state index in [2.05, 4.69) is 9.97 Å². The highest BCUT2D eigenvalue weighted by Gasteiger charge is 2.15. The SMILES string of the molecule is COc1ccc(CN(C)Cc2nc3scc(-c4ccccc4Cl)c3c(=O)[nH]2)cc1F. The largest absolute Gasteiger partial charge is 0.494 e. The first kappa shape index (κ1) is 20.5. The summed E-state index contributed by atoms with van der Waals surface area (Å²) in [4.78, 5) is 22.9. The lowest BCUT2D eigenvalue weighted by molar-refractivity contribution is 0.309. The second-order valence-electron chi connectivity index (χ2n) is 6.96. The molecular formula is C22H19ClFN3O2S. The van der Waals surface area contributed by atoms with E-state index in [1.165, 1.54) is 24.5 Å². The van der Waals surface area contributed by atoms with E-state index >= 15 is 0 Å². The highest BCUT2D eigenvalue weighted by molar-refractivity contribution is 7.17. The number of nitrogens with one attached hydrogen (secondary N) is 1. The zero-order valence-corrected chi connectivity index (χ0v) is 18.0. The number of methoxy groups -OCH3 is 1. The quantitative estimate of drug-likeness (QED) is 0.451. The Morgan fingerprint density at radius 1 is 1.20 bits per heavy atom. The van der Waals surface area contributed by atoms with Gasteiger partial charge in [0.1, 0.15) is 10.7 Å². The average molecular weight is 444 g/mol. The Labute approximate surface area is 181 Å². The molecule has 0 atom stereocenters. The Bertz CT molecular complexity index is 1270. The monoisotopic (exact) mass is 443 g/mol. The summed E-state index contributed by atoms with van der Waals surface area (Å²) in [5, 5.41) is 3.03. The van der Waals surface area contributed by atoms with Crippen LogP contribution in [-0.4, -0.2) is 29.0 Å². The Kier molecular flexibility index (Phi) is 5.85. The molecule has 0 fully saturated rings. The number of thiophene rings is 1. The maximum atomic E-state index is 13.9. The van der Waals surface area contributed by atoms with Gasteiger partial charge in [-0.1, -0.05) is 35.9 Å². The standard InChI is InChI=1S/C22H19ClFN3O2S/c1-27(10-13-7-8-18(29-2)17(24)9-13)11-19-25-21(28)20-15(12-30-22(20)26-19)14-5-3-4-6-16(14)23/h3-9,12H,10-11H2,1-2H3,(H,25,26,28). The highest BCUT2D eigenvalue weighted by atomic mass is 35.5. The topological polar surface area (TPSA) is 58.2 Å². The molecule has 0 aliphatic rings. The molecule has 5 nitrogen and oxygen atoms in total. The van der Waals surface area contributed by atoms with Crippen molar-refractivity contribution in [3.05, 3.63) is 80.4 Å². The van der Waals surface area contributed by atoms with Gasteiger partial charge in [0.25, 0.3) is 5.56 Å². The minimum Gasteiger partial charge on any atom is -0.494 e. The van der Waals surface area contributed by atoms with E-state index in [1.54, 1.807) is 12.1 Å². The molecule has 0 unspecified atom stereocenters. The number of hydrogen-bond acceptors (Lipinski definition) is 5. The second kappa shape index (κ2) is 8.55. The lowest BCUT2D eigenvalue weighted by Gasteiger charge is -2.16. The number of aromatic amines is 1. The van der Waals surface area contributed by atoms with E-state index in [1.807, 2.05) is 41.6 Å². The normalized spacial score (nSPS) is 11.4. The molecular weight excluding hydrogens is 425 g/mol. The van der Waals surface area contributed by atoms with Crippen LogP contribution >= 0.6 is 22.9 Å². The van der Waals surface area contributed by atoms with Crippen LogP contribution in [0, 0.1) is 5.82 Å². The third-order valence-corrected chi connectivity index (χ3v) is 5.95. The minimum atomic E-state index is -0.401. The fourth-order valence-corrected chi connectivity index (χ4v) is 4.57. The Hall–Kier alpha value is -2.74. The van der Waals surface area contributed by atoms with Crippen LogP contribution in [0.3, 0.4) is 0 Å². The van der Waals surface area contributed by atoms with Crippen LogP contribution in [0.25, 0.3) is 21.3 Å². The molecule has 0 spiro atoms. The van der Waals surface area contributed by atoms with Crippen LogP contribution in [0.1, 0.15) is 11.4 Å². The third-order valence-electron chi connectivity index (χ3n) is 4.75. The Morgan fingerprint density at radius 2 is 2.00 bits per heavy atom. The van der Waals surface area contributed by atoms with E-state index in [9.17, 15) is 9.18 Å². The third kappa shape index (κ3) is 4.09. The lowest BCUT2D eigenvalue weighted by atomic mass is 10.1. The van der Waals surface area contributed by atoms with Crippen molar-refractivity contribution in [3.8, 4) is 16.9 Å². The molecule has 0 saturated carbocycles. The van der Waals surface area contributed by atoms with Gasteiger partial charge in [-0.3, -0.25) is 9.69 Å². The van der Waals surface area contributed by atoms with Gasteiger partial charge in [0, 0.05) is 28.1 Å². The van der Waals surface area contributed by atoms with Crippen molar-refractivity contribution in [2.75, 3.05) is 14.2 Å². The molecule has 0 saturated heterocycles. The van der Waals surface area contributed by atoms with Crippen LogP contribution in [0.2, 0.25) is 5.02 Å². The molecule has 1 N–H and O–H groups in total. The van der Waals surface area contributed by atoms with Crippen LogP contribution < -0.4 is 10.3 Å². The molecule has 30 heavy (non-hydrogen) atoms. The van der Waals surface area contributed by atoms with E-state index in [-0.39, 0.29) is 11.3 Å². The number of nitrogens with zero attached hydrogens (tertiary/aromatic N) is 2. The van der Waals surface area contributed by atoms with E-state index in [0.717, 1.165) is 16.7 Å². The van der Waals surface area contributed by atoms with E-state index in [0.29, 0.717) is 34.2 Å². The van der Waals surface area contributed by atoms with Gasteiger partial charge in [-0.15, -0.1) is 11.3 Å². The molecule has 4 rings (SSSR count). The smallest absolute Gasteiger partial charge is 0.260 e. The number of fused-ring (bicyclic) bond motifs is 1. The number of H-pyrrole nitrogens is 1. The number of ether oxygens (including phenoxy) is 1. The van der Waals surface area contributed by atoms with Crippen molar-refractivity contribution in [3.63, 3.8) is 0 Å². The predicted octanol–water partition coefficient (Wildman–Crippen LogP) is 5.08. The van der Waals surface area contributed by atoms with Gasteiger partial charge in [-0.25, -0.2) is 9.37 Å². The van der Waals surface area contributed by atoms with Gasteiger partial charge in [0.05, 0.1) is 19.0 Å². The summed E-state index contributed by atoms with van der Waals surface area (Å²) in [6.07, 6.45) is 0. The molecule has 4 aromatic rings. The van der Waals surface area contributed by atoms with E-state index in [4.69, 9.17) is 16.3 Å². The first-order chi connectivity index (χ1) is 14.5. The van der Waals surface area contributed by atoms with Crippen LogP contribution in [-0.2, 0) is 13.1 Å². The van der Waals surface area contributed by atoms with Gasteiger partial charge in [0.15, 0.2) is 11.6 Å². The van der Waals surface area contributed by atoms with Crippen molar-refractivity contribution in [1.29, 1.82) is 0 Å². The summed E-state index contributed by atoms with van der Waals surface area (Å²) in [5.74, 6) is 0.364. The van der Waals surface area contributed by atoms with Crippen LogP contribution in [0.5, 0.6) is 5.75 Å². The maximum Gasteiger partial charge on any atom is 0.260 e. The highest BCUT2D eigenvalue weighted by Crippen LogP contribution is 2.34. The maximum absolute atomic E-state index is 13.9. The molecule has 0 bridgehead atoms. The molecule has 8 heteroatoms. The summed E-state index contributed by atoms with van der Waals surface area (Å²) in [7, 11) is 3.32. The van der Waals surface area contributed by atoms with Gasteiger partial charge in [-0.2, -0.15) is 0 Å². The minimum absolute atomic E-state index is 0.199. The molecule has 0 radical (unpaired) electrons. The van der Waals surface area contributed by atoms with Crippen LogP contribution in [0.15, 0.2) is 52.6 Å². The zero-order valence-electron chi connectivity index (χ0n) is 16.4. The summed E-state index contributed by atoms with van der Waals surface area (Å²) in [6.45, 7) is 0.913. The van der Waals surface area contributed by atoms with Crippen molar-refractivity contribution in [1.82, 2.24) is 14.9 Å². The average Bonchev–Trinajstić information content (AvgIpc) is 3.12. The summed E-state index contributed by atoms with van der Waals surface area (Å²) in [5.41, 5.74) is 2.19. The van der Waals surface area contributed by atoms with Crippen molar-refractivity contribution >= 4 is 33.2 Å². The molecule has 0 amide bonds. The summed E-state index contributed by atoms with van der Waals surface area (Å²) in [6, 6.07) is 12.3. The van der Waals surface area contributed by atoms with E-state index < -0.39 is 5.82 Å². The molecule has 0 aliphatic carbocycles. The summed E-state index contributed by atoms with van der Waals surface area (Å²) < 4.78 is 18.9. The van der Waals surface area contributed by atoms with Crippen molar-refractivity contribution in [2.24, 2.45) is 0 Å². The molecule has 0 aliphatic heterocycles. The first-order valence-electron chi connectivity index (χ1n) is 9.22. The Morgan fingerprint density at radius 3 is 2.73 bits per heavy atom. The molecule has 2 heterocycles. The van der Waals surface area contributed by atoms with Crippen molar-refractivity contribution in [2.45, 2.75) is 13.1 Å². The predicted molar refractivity (Wildman–Crippen MR) is 119 cm³/mol. The fourth-order valence-electron chi connectivity index (χ4n) is 3.38. The van der Waals surface area contributed by atoms with Crippen molar-refractivity contribution < 1.29 is 9.13 Å². The zero-order chi connectivity index (χ0) is 21.3. The number of benzene rings is 2. The number of halogens is 2. The molecule has 2 aromatic heterocycles. The molecule has 154 valence electrons. The Balaban J connectivity index is 1.58. The lowest BCUT2D eigenvalue weighted by Crippen LogP contribution is -2.21.